The minimum Gasteiger partial charge on any atom is -0.454 e. The van der Waals surface area contributed by atoms with E-state index in [1.807, 2.05) is 13.0 Å². The summed E-state index contributed by atoms with van der Waals surface area (Å²) in [7, 11) is 0. The van der Waals surface area contributed by atoms with Gasteiger partial charge in [0.2, 0.25) is 0 Å². The fourth-order valence-electron chi connectivity index (χ4n) is 2.47. The van der Waals surface area contributed by atoms with Crippen molar-refractivity contribution in [3.05, 3.63) is 35.5 Å². The fraction of sp³-hybridized carbons (Fsp3) is 0.533. The van der Waals surface area contributed by atoms with Crippen LogP contribution in [0.15, 0.2) is 35.5 Å². The molecule has 3 heteroatoms. The Kier molecular flexibility index (Phi) is 3.71. The number of rotatable bonds is 0. The van der Waals surface area contributed by atoms with E-state index in [9.17, 15) is 9.90 Å². The first-order chi connectivity index (χ1) is 8.49. The van der Waals surface area contributed by atoms with Gasteiger partial charge in [-0.3, -0.25) is 0 Å². The van der Waals surface area contributed by atoms with Crippen LogP contribution in [0, 0.1) is 5.92 Å². The van der Waals surface area contributed by atoms with Gasteiger partial charge in [-0.15, -0.1) is 0 Å². The lowest BCUT2D eigenvalue weighted by atomic mass is 9.88. The number of fused-ring (bicyclic) bond motifs is 1. The largest absolute Gasteiger partial charge is 0.454 e. The molecule has 1 fully saturated rings. The van der Waals surface area contributed by atoms with Gasteiger partial charge >= 0.3 is 5.97 Å². The highest BCUT2D eigenvalue weighted by molar-refractivity contribution is 5.91. The molecule has 0 amide bonds. The summed E-state index contributed by atoms with van der Waals surface area (Å²) >= 11 is 0. The molecule has 18 heavy (non-hydrogen) atoms. The van der Waals surface area contributed by atoms with Crippen LogP contribution < -0.4 is 0 Å². The van der Waals surface area contributed by atoms with Crippen LogP contribution in [0.1, 0.15) is 33.1 Å². The van der Waals surface area contributed by atoms with E-state index in [1.165, 1.54) is 5.57 Å². The van der Waals surface area contributed by atoms with Crippen LogP contribution in [0.5, 0.6) is 0 Å². The molecule has 3 atom stereocenters. The van der Waals surface area contributed by atoms with Gasteiger partial charge in [-0.2, -0.15) is 0 Å². The molecule has 1 heterocycles. The number of carbonyl (C=O) groups is 1. The Morgan fingerprint density at radius 3 is 2.89 bits per heavy atom. The van der Waals surface area contributed by atoms with Gasteiger partial charge in [0.1, 0.15) is 6.10 Å². The van der Waals surface area contributed by atoms with E-state index in [0.717, 1.165) is 18.4 Å². The molecule has 0 aromatic carbocycles. The molecule has 0 aromatic heterocycles. The van der Waals surface area contributed by atoms with Gasteiger partial charge < -0.3 is 9.84 Å². The summed E-state index contributed by atoms with van der Waals surface area (Å²) in [4.78, 5) is 11.6. The number of hydrogen-bond acceptors (Lipinski definition) is 3. The van der Waals surface area contributed by atoms with Crippen molar-refractivity contribution in [3.63, 3.8) is 0 Å². The Balaban J connectivity index is 2.29. The number of carbonyl (C=O) groups excluding carboxylic acids is 1. The second-order valence-electron chi connectivity index (χ2n) is 5.25. The summed E-state index contributed by atoms with van der Waals surface area (Å²) in [6, 6.07) is 0. The van der Waals surface area contributed by atoms with E-state index in [1.54, 1.807) is 0 Å². The molecule has 1 N–H and O–H groups in total. The zero-order valence-corrected chi connectivity index (χ0v) is 11.0. The number of hydrogen-bond donors (Lipinski definition) is 1. The minimum atomic E-state index is -0.494. The topological polar surface area (TPSA) is 46.5 Å². The van der Waals surface area contributed by atoms with Gasteiger partial charge in [-0.1, -0.05) is 18.2 Å². The van der Waals surface area contributed by atoms with Crippen molar-refractivity contribution in [1.29, 1.82) is 0 Å². The van der Waals surface area contributed by atoms with Crippen molar-refractivity contribution < 1.29 is 14.6 Å². The Morgan fingerprint density at radius 2 is 2.17 bits per heavy atom. The molecule has 1 aliphatic heterocycles. The van der Waals surface area contributed by atoms with Crippen LogP contribution in [0.4, 0.5) is 0 Å². The Hall–Kier alpha value is -1.35. The maximum Gasteiger partial charge on any atom is 0.334 e. The smallest absolute Gasteiger partial charge is 0.334 e. The van der Waals surface area contributed by atoms with Crippen molar-refractivity contribution in [2.24, 2.45) is 5.92 Å². The quantitative estimate of drug-likeness (QED) is 0.407. The highest BCUT2D eigenvalue weighted by Gasteiger charge is 2.37. The van der Waals surface area contributed by atoms with Gasteiger partial charge in [-0.25, -0.2) is 4.79 Å². The lowest BCUT2D eigenvalue weighted by molar-refractivity contribution is -0.137. The van der Waals surface area contributed by atoms with Crippen molar-refractivity contribution >= 4 is 5.97 Å². The highest BCUT2D eigenvalue weighted by Crippen LogP contribution is 2.34. The van der Waals surface area contributed by atoms with Crippen LogP contribution in [0.3, 0.4) is 0 Å². The normalized spacial score (nSPS) is 39.2. The van der Waals surface area contributed by atoms with Crippen molar-refractivity contribution in [3.8, 4) is 0 Å². The average Bonchev–Trinajstić information content (AvgIpc) is 2.59. The third-order valence-corrected chi connectivity index (χ3v) is 3.84. The molecule has 2 rings (SSSR count). The van der Waals surface area contributed by atoms with E-state index >= 15 is 0 Å². The first kappa shape index (κ1) is 13.1. The van der Waals surface area contributed by atoms with Crippen molar-refractivity contribution in [2.45, 2.75) is 45.3 Å². The molecule has 0 radical (unpaired) electrons. The molecule has 0 unspecified atom stereocenters. The van der Waals surface area contributed by atoms with Gasteiger partial charge in [0.15, 0.2) is 0 Å². The number of esters is 1. The third-order valence-electron chi connectivity index (χ3n) is 3.84. The lowest BCUT2D eigenvalue weighted by Crippen LogP contribution is -2.18. The van der Waals surface area contributed by atoms with Gasteiger partial charge in [-0.05, 0) is 44.8 Å². The maximum atomic E-state index is 11.6. The fourth-order valence-corrected chi connectivity index (χ4v) is 2.47. The van der Waals surface area contributed by atoms with E-state index in [2.05, 4.69) is 19.6 Å². The van der Waals surface area contributed by atoms with Crippen LogP contribution in [0.2, 0.25) is 0 Å². The summed E-state index contributed by atoms with van der Waals surface area (Å²) in [6.07, 6.45) is 5.61. The second-order valence-corrected chi connectivity index (χ2v) is 5.25. The monoisotopic (exact) mass is 248 g/mol. The summed E-state index contributed by atoms with van der Waals surface area (Å²) in [5, 5.41) is 9.99. The Labute approximate surface area is 108 Å². The molecule has 98 valence electrons. The maximum absolute atomic E-state index is 11.6. The predicted octanol–water partition coefficient (Wildman–Crippen LogP) is 2.52. The van der Waals surface area contributed by atoms with Gasteiger partial charge in [0.25, 0.3) is 0 Å². The highest BCUT2D eigenvalue weighted by atomic mass is 16.5. The molecule has 1 saturated heterocycles. The molecule has 0 saturated carbocycles. The van der Waals surface area contributed by atoms with Crippen molar-refractivity contribution in [2.75, 3.05) is 0 Å². The SMILES string of the molecule is C=C1C(=O)O[C@@H]2/C=C(\C)[C@@H](O)C/C=C(/C)CC[C@@H]12. The Morgan fingerprint density at radius 1 is 1.44 bits per heavy atom. The zero-order chi connectivity index (χ0) is 13.3. The van der Waals surface area contributed by atoms with Crippen molar-refractivity contribution in [1.82, 2.24) is 0 Å². The average molecular weight is 248 g/mol. The number of allylic oxidation sites excluding steroid dienone is 1. The first-order valence-corrected chi connectivity index (χ1v) is 6.41. The lowest BCUT2D eigenvalue weighted by Gasteiger charge is -2.19. The molecular weight excluding hydrogens is 228 g/mol. The number of aliphatic hydroxyl groups excluding tert-OH is 1. The summed E-state index contributed by atoms with van der Waals surface area (Å²) in [5.41, 5.74) is 2.67. The zero-order valence-electron chi connectivity index (χ0n) is 11.0. The molecule has 0 aromatic rings. The first-order valence-electron chi connectivity index (χ1n) is 6.41. The third kappa shape index (κ3) is 2.56. The molecule has 2 aliphatic rings. The molecular formula is C15H20O3. The van der Waals surface area contributed by atoms with Gasteiger partial charge in [0.05, 0.1) is 6.10 Å². The summed E-state index contributed by atoms with van der Waals surface area (Å²) < 4.78 is 5.32. The van der Waals surface area contributed by atoms with E-state index in [0.29, 0.717) is 12.0 Å². The van der Waals surface area contributed by atoms with Crippen LogP contribution in [-0.2, 0) is 9.53 Å². The van der Waals surface area contributed by atoms with Crippen LogP contribution >= 0.6 is 0 Å². The molecule has 3 nitrogen and oxygen atoms in total. The van der Waals surface area contributed by atoms with E-state index in [-0.39, 0.29) is 18.0 Å². The van der Waals surface area contributed by atoms with Crippen LogP contribution in [0.25, 0.3) is 0 Å². The summed E-state index contributed by atoms with van der Waals surface area (Å²) in [6.45, 7) is 7.76. The van der Waals surface area contributed by atoms with E-state index < -0.39 is 6.10 Å². The van der Waals surface area contributed by atoms with Gasteiger partial charge in [0, 0.05) is 11.5 Å². The molecule has 1 aliphatic carbocycles. The Bertz CT molecular complexity index is 431. The number of ether oxygens (including phenoxy) is 1. The number of aliphatic hydroxyl groups is 1. The predicted molar refractivity (Wildman–Crippen MR) is 69.9 cm³/mol. The minimum absolute atomic E-state index is 0.0427. The standard InChI is InChI=1S/C15H20O3/c1-9-4-6-12-11(3)15(17)18-14(12)8-10(2)13(16)7-5-9/h5,8,12-14,16H,3-4,6-7H2,1-2H3/b9-5-,10-8+/t12-,13-,14+/m0/s1. The van der Waals surface area contributed by atoms with E-state index in [4.69, 9.17) is 4.74 Å². The summed E-state index contributed by atoms with van der Waals surface area (Å²) in [5.74, 6) is -0.259. The molecule has 0 spiro atoms. The molecule has 0 bridgehead atoms. The second kappa shape index (κ2) is 5.11. The van der Waals surface area contributed by atoms with Crippen LogP contribution in [-0.4, -0.2) is 23.3 Å².